The highest BCUT2D eigenvalue weighted by Gasteiger charge is 2.42. The van der Waals surface area contributed by atoms with Crippen molar-refractivity contribution in [2.45, 2.75) is 18.4 Å². The van der Waals surface area contributed by atoms with Crippen LogP contribution in [0.15, 0.2) is 5.38 Å². The van der Waals surface area contributed by atoms with Crippen molar-refractivity contribution in [3.05, 3.63) is 11.1 Å². The molecule has 1 aromatic rings. The van der Waals surface area contributed by atoms with E-state index in [4.69, 9.17) is 5.73 Å². The largest absolute Gasteiger partial charge is 0.320 e. The molecule has 0 radical (unpaired) electrons. The van der Waals surface area contributed by atoms with E-state index in [1.165, 1.54) is 11.5 Å². The Bertz CT molecular complexity index is 202. The quantitative estimate of drug-likeness (QED) is 0.619. The Kier molecular flexibility index (Phi) is 0.896. The van der Waals surface area contributed by atoms with Gasteiger partial charge in [-0.3, -0.25) is 0 Å². The van der Waals surface area contributed by atoms with Gasteiger partial charge >= 0.3 is 0 Å². The molecule has 1 saturated carbocycles. The van der Waals surface area contributed by atoms with Crippen molar-refractivity contribution in [2.75, 3.05) is 0 Å². The predicted molar refractivity (Wildman–Crippen MR) is 35.0 cm³/mol. The van der Waals surface area contributed by atoms with Crippen LogP contribution in [-0.2, 0) is 5.54 Å². The number of aromatic nitrogens is 2. The lowest BCUT2D eigenvalue weighted by Crippen LogP contribution is -2.18. The second kappa shape index (κ2) is 1.52. The molecule has 0 atom stereocenters. The van der Waals surface area contributed by atoms with E-state index >= 15 is 0 Å². The lowest BCUT2D eigenvalue weighted by molar-refractivity contribution is 0.702. The molecule has 3 nitrogen and oxygen atoms in total. The van der Waals surface area contributed by atoms with E-state index < -0.39 is 0 Å². The predicted octanol–water partition coefficient (Wildman–Crippen LogP) is 0.486. The molecule has 1 heterocycles. The minimum Gasteiger partial charge on any atom is -0.320 e. The summed E-state index contributed by atoms with van der Waals surface area (Å²) in [5.74, 6) is 0. The minimum atomic E-state index is -0.0903. The first-order valence-electron chi connectivity index (χ1n) is 2.88. The van der Waals surface area contributed by atoms with Gasteiger partial charge in [-0.2, -0.15) is 0 Å². The Morgan fingerprint density at radius 1 is 1.67 bits per heavy atom. The summed E-state index contributed by atoms with van der Waals surface area (Å²) in [7, 11) is 0. The van der Waals surface area contributed by atoms with Gasteiger partial charge in [-0.05, 0) is 24.4 Å². The highest BCUT2D eigenvalue weighted by molar-refractivity contribution is 7.03. The maximum absolute atomic E-state index is 5.82. The van der Waals surface area contributed by atoms with Crippen LogP contribution in [0.1, 0.15) is 18.5 Å². The SMILES string of the molecule is NC1(c2csnn2)CC1. The van der Waals surface area contributed by atoms with E-state index in [0.29, 0.717) is 0 Å². The summed E-state index contributed by atoms with van der Waals surface area (Å²) in [6, 6.07) is 0. The molecule has 1 aliphatic rings. The molecule has 48 valence electrons. The van der Waals surface area contributed by atoms with Crippen LogP contribution >= 0.6 is 11.5 Å². The molecular formula is C5H7N3S. The maximum atomic E-state index is 5.82. The molecule has 1 fully saturated rings. The maximum Gasteiger partial charge on any atom is 0.0953 e. The van der Waals surface area contributed by atoms with E-state index in [0.717, 1.165) is 18.5 Å². The summed E-state index contributed by atoms with van der Waals surface area (Å²) in [5, 5.41) is 5.82. The molecule has 0 spiro atoms. The first-order valence-corrected chi connectivity index (χ1v) is 3.71. The molecule has 4 heteroatoms. The van der Waals surface area contributed by atoms with Crippen molar-refractivity contribution < 1.29 is 0 Å². The van der Waals surface area contributed by atoms with Crippen molar-refractivity contribution in [1.29, 1.82) is 0 Å². The van der Waals surface area contributed by atoms with Gasteiger partial charge < -0.3 is 5.73 Å². The van der Waals surface area contributed by atoms with E-state index in [2.05, 4.69) is 9.59 Å². The van der Waals surface area contributed by atoms with Gasteiger partial charge in [-0.15, -0.1) is 5.10 Å². The summed E-state index contributed by atoms with van der Waals surface area (Å²) in [6.45, 7) is 0. The van der Waals surface area contributed by atoms with Crippen molar-refractivity contribution in [2.24, 2.45) is 5.73 Å². The van der Waals surface area contributed by atoms with Crippen LogP contribution in [-0.4, -0.2) is 9.59 Å². The van der Waals surface area contributed by atoms with Gasteiger partial charge in [0.05, 0.1) is 11.2 Å². The van der Waals surface area contributed by atoms with Crippen LogP contribution in [0.5, 0.6) is 0 Å². The molecule has 0 saturated heterocycles. The topological polar surface area (TPSA) is 51.8 Å². The zero-order valence-electron chi connectivity index (χ0n) is 4.87. The van der Waals surface area contributed by atoms with E-state index in [1.54, 1.807) is 0 Å². The molecule has 0 bridgehead atoms. The van der Waals surface area contributed by atoms with E-state index in [9.17, 15) is 0 Å². The second-order valence-electron chi connectivity index (χ2n) is 2.45. The first kappa shape index (κ1) is 5.32. The molecule has 1 aliphatic carbocycles. The molecule has 0 amide bonds. The number of rotatable bonds is 1. The van der Waals surface area contributed by atoms with Crippen molar-refractivity contribution in [3.8, 4) is 0 Å². The number of nitrogens with two attached hydrogens (primary N) is 1. The highest BCUT2D eigenvalue weighted by atomic mass is 32.1. The smallest absolute Gasteiger partial charge is 0.0953 e. The molecule has 0 aliphatic heterocycles. The molecule has 9 heavy (non-hydrogen) atoms. The Balaban J connectivity index is 2.34. The van der Waals surface area contributed by atoms with Crippen molar-refractivity contribution in [3.63, 3.8) is 0 Å². The lowest BCUT2D eigenvalue weighted by atomic mass is 10.2. The zero-order valence-corrected chi connectivity index (χ0v) is 5.69. The number of hydrogen-bond acceptors (Lipinski definition) is 4. The Morgan fingerprint density at radius 2 is 2.44 bits per heavy atom. The minimum absolute atomic E-state index is 0.0903. The Labute approximate surface area is 57.0 Å². The van der Waals surface area contributed by atoms with E-state index in [1.807, 2.05) is 5.38 Å². The third-order valence-electron chi connectivity index (χ3n) is 1.66. The fourth-order valence-electron chi connectivity index (χ4n) is 0.772. The fraction of sp³-hybridized carbons (Fsp3) is 0.600. The van der Waals surface area contributed by atoms with Crippen LogP contribution in [0.25, 0.3) is 0 Å². The molecule has 2 N–H and O–H groups in total. The van der Waals surface area contributed by atoms with Crippen molar-refractivity contribution in [1.82, 2.24) is 9.59 Å². The summed E-state index contributed by atoms with van der Waals surface area (Å²) < 4.78 is 3.74. The second-order valence-corrected chi connectivity index (χ2v) is 3.06. The highest BCUT2D eigenvalue weighted by Crippen LogP contribution is 2.41. The zero-order chi connectivity index (χ0) is 6.32. The van der Waals surface area contributed by atoms with Crippen LogP contribution in [0.2, 0.25) is 0 Å². The number of hydrogen-bond donors (Lipinski definition) is 1. The average Bonchev–Trinajstić information content (AvgIpc) is 2.46. The molecule has 0 aromatic carbocycles. The van der Waals surface area contributed by atoms with Gasteiger partial charge in [0.2, 0.25) is 0 Å². The monoisotopic (exact) mass is 141 g/mol. The summed E-state index contributed by atoms with van der Waals surface area (Å²) in [6.07, 6.45) is 2.14. The van der Waals surface area contributed by atoms with E-state index in [-0.39, 0.29) is 5.54 Å². The lowest BCUT2D eigenvalue weighted by Gasteiger charge is -1.99. The molecule has 1 aromatic heterocycles. The first-order chi connectivity index (χ1) is 4.31. The van der Waals surface area contributed by atoms with Crippen LogP contribution in [0.4, 0.5) is 0 Å². The summed E-state index contributed by atoms with van der Waals surface area (Å²) in [4.78, 5) is 0. The van der Waals surface area contributed by atoms with Crippen LogP contribution < -0.4 is 5.73 Å². The van der Waals surface area contributed by atoms with Gasteiger partial charge in [0.25, 0.3) is 0 Å². The average molecular weight is 141 g/mol. The van der Waals surface area contributed by atoms with Gasteiger partial charge in [0.1, 0.15) is 0 Å². The summed E-state index contributed by atoms with van der Waals surface area (Å²) >= 11 is 1.37. The summed E-state index contributed by atoms with van der Waals surface area (Å²) in [5.41, 5.74) is 6.69. The third-order valence-corrected chi connectivity index (χ3v) is 2.16. The van der Waals surface area contributed by atoms with Crippen LogP contribution in [0.3, 0.4) is 0 Å². The Hall–Kier alpha value is -0.480. The van der Waals surface area contributed by atoms with Gasteiger partial charge in [-0.1, -0.05) is 4.49 Å². The van der Waals surface area contributed by atoms with Gasteiger partial charge in [0.15, 0.2) is 0 Å². The molecular weight excluding hydrogens is 134 g/mol. The van der Waals surface area contributed by atoms with Crippen LogP contribution in [0, 0.1) is 0 Å². The Morgan fingerprint density at radius 3 is 2.89 bits per heavy atom. The number of nitrogens with zero attached hydrogens (tertiary/aromatic N) is 2. The van der Waals surface area contributed by atoms with Gasteiger partial charge in [0, 0.05) is 5.38 Å². The molecule has 2 rings (SSSR count). The fourth-order valence-corrected chi connectivity index (χ4v) is 1.34. The standard InChI is InChI=1S/C5H7N3S/c6-5(1-2-5)4-3-9-8-7-4/h3H,1-2,6H2. The normalized spacial score (nSPS) is 21.9. The van der Waals surface area contributed by atoms with Crippen molar-refractivity contribution >= 4 is 11.5 Å². The third kappa shape index (κ3) is 0.746. The molecule has 0 unspecified atom stereocenters. The van der Waals surface area contributed by atoms with Gasteiger partial charge in [-0.25, -0.2) is 0 Å².